The first-order valence-corrected chi connectivity index (χ1v) is 6.41. The highest BCUT2D eigenvalue weighted by molar-refractivity contribution is 6.04. The standard InChI is InChI=1S/C16H18N2O/c1-11(2)14-15(12(3)9-10-17-14)18-16(19)13-7-5-4-6-8-13/h4-11H,1-3H3,(H,18,19). The minimum absolute atomic E-state index is 0.0985. The van der Waals surface area contributed by atoms with Gasteiger partial charge < -0.3 is 5.32 Å². The van der Waals surface area contributed by atoms with E-state index >= 15 is 0 Å². The van der Waals surface area contributed by atoms with Crippen molar-refractivity contribution >= 4 is 11.6 Å². The lowest BCUT2D eigenvalue weighted by Crippen LogP contribution is -2.15. The van der Waals surface area contributed by atoms with Gasteiger partial charge in [-0.05, 0) is 36.6 Å². The van der Waals surface area contributed by atoms with Crippen molar-refractivity contribution in [1.82, 2.24) is 4.98 Å². The molecule has 0 spiro atoms. The van der Waals surface area contributed by atoms with E-state index in [9.17, 15) is 4.79 Å². The lowest BCUT2D eigenvalue weighted by atomic mass is 10.0. The van der Waals surface area contributed by atoms with Crippen molar-refractivity contribution in [3.63, 3.8) is 0 Å². The van der Waals surface area contributed by atoms with Crippen LogP contribution in [0.2, 0.25) is 0 Å². The van der Waals surface area contributed by atoms with E-state index < -0.39 is 0 Å². The smallest absolute Gasteiger partial charge is 0.255 e. The molecule has 1 heterocycles. The number of hydrogen-bond donors (Lipinski definition) is 1. The molecule has 1 amide bonds. The predicted octanol–water partition coefficient (Wildman–Crippen LogP) is 3.77. The highest BCUT2D eigenvalue weighted by Gasteiger charge is 2.14. The minimum Gasteiger partial charge on any atom is -0.320 e. The predicted molar refractivity (Wildman–Crippen MR) is 77.5 cm³/mol. The molecule has 0 atom stereocenters. The summed E-state index contributed by atoms with van der Waals surface area (Å²) in [5, 5.41) is 2.98. The molecule has 2 aromatic rings. The van der Waals surface area contributed by atoms with Crippen LogP contribution in [0, 0.1) is 6.92 Å². The second-order valence-electron chi connectivity index (χ2n) is 4.86. The zero-order valence-electron chi connectivity index (χ0n) is 11.5. The summed E-state index contributed by atoms with van der Waals surface area (Å²) in [4.78, 5) is 16.6. The van der Waals surface area contributed by atoms with Crippen molar-refractivity contribution in [1.29, 1.82) is 0 Å². The van der Waals surface area contributed by atoms with Crippen LogP contribution in [0.15, 0.2) is 42.6 Å². The number of nitrogens with one attached hydrogen (secondary N) is 1. The van der Waals surface area contributed by atoms with E-state index in [1.165, 1.54) is 0 Å². The Morgan fingerprint density at radius 1 is 1.16 bits per heavy atom. The number of anilines is 1. The molecule has 0 unspecified atom stereocenters. The van der Waals surface area contributed by atoms with Crippen molar-refractivity contribution < 1.29 is 4.79 Å². The molecule has 0 radical (unpaired) electrons. The number of amides is 1. The summed E-state index contributed by atoms with van der Waals surface area (Å²) in [5.74, 6) is 0.171. The van der Waals surface area contributed by atoms with E-state index in [2.05, 4.69) is 24.1 Å². The molecule has 0 aliphatic rings. The normalized spacial score (nSPS) is 10.5. The van der Waals surface area contributed by atoms with Gasteiger partial charge in [0.2, 0.25) is 0 Å². The topological polar surface area (TPSA) is 42.0 Å². The van der Waals surface area contributed by atoms with Crippen molar-refractivity contribution in [2.24, 2.45) is 0 Å². The summed E-state index contributed by atoms with van der Waals surface area (Å²) < 4.78 is 0. The van der Waals surface area contributed by atoms with Crippen LogP contribution in [0.25, 0.3) is 0 Å². The average Bonchev–Trinajstić information content (AvgIpc) is 2.41. The lowest BCUT2D eigenvalue weighted by Gasteiger charge is -2.15. The highest BCUT2D eigenvalue weighted by Crippen LogP contribution is 2.25. The van der Waals surface area contributed by atoms with Gasteiger partial charge in [0, 0.05) is 11.8 Å². The quantitative estimate of drug-likeness (QED) is 0.906. The molecule has 0 saturated heterocycles. The van der Waals surface area contributed by atoms with Gasteiger partial charge in [-0.1, -0.05) is 32.0 Å². The Bertz CT molecular complexity index is 577. The number of carbonyl (C=O) groups is 1. The van der Waals surface area contributed by atoms with E-state index in [0.717, 1.165) is 16.9 Å². The number of rotatable bonds is 3. The highest BCUT2D eigenvalue weighted by atomic mass is 16.1. The fraction of sp³-hybridized carbons (Fsp3) is 0.250. The molecule has 0 aliphatic carbocycles. The number of pyridine rings is 1. The van der Waals surface area contributed by atoms with E-state index in [4.69, 9.17) is 0 Å². The number of aromatic nitrogens is 1. The SMILES string of the molecule is Cc1ccnc(C(C)C)c1NC(=O)c1ccccc1. The Kier molecular flexibility index (Phi) is 3.95. The molecule has 0 aliphatic heterocycles. The first-order chi connectivity index (χ1) is 9.09. The molecular weight excluding hydrogens is 236 g/mol. The van der Waals surface area contributed by atoms with Gasteiger partial charge in [0.1, 0.15) is 0 Å². The Balaban J connectivity index is 2.31. The van der Waals surface area contributed by atoms with E-state index in [1.54, 1.807) is 18.3 Å². The third-order valence-corrected chi connectivity index (χ3v) is 3.01. The van der Waals surface area contributed by atoms with Gasteiger partial charge in [0.05, 0.1) is 11.4 Å². The van der Waals surface area contributed by atoms with Crippen LogP contribution < -0.4 is 5.32 Å². The van der Waals surface area contributed by atoms with Crippen molar-refractivity contribution in [2.75, 3.05) is 5.32 Å². The maximum Gasteiger partial charge on any atom is 0.255 e. The lowest BCUT2D eigenvalue weighted by molar-refractivity contribution is 0.102. The molecule has 2 rings (SSSR count). The first kappa shape index (κ1) is 13.3. The van der Waals surface area contributed by atoms with Gasteiger partial charge >= 0.3 is 0 Å². The molecule has 98 valence electrons. The van der Waals surface area contributed by atoms with Gasteiger partial charge in [-0.3, -0.25) is 9.78 Å². The molecule has 0 saturated carbocycles. The molecule has 3 nitrogen and oxygen atoms in total. The maximum absolute atomic E-state index is 12.2. The summed E-state index contributed by atoms with van der Waals surface area (Å²) >= 11 is 0. The molecule has 1 aromatic heterocycles. The zero-order chi connectivity index (χ0) is 13.8. The molecule has 1 aromatic carbocycles. The maximum atomic E-state index is 12.2. The number of aryl methyl sites for hydroxylation is 1. The van der Waals surface area contributed by atoms with Crippen molar-refractivity contribution in [3.8, 4) is 0 Å². The first-order valence-electron chi connectivity index (χ1n) is 6.41. The summed E-state index contributed by atoms with van der Waals surface area (Å²) in [6.07, 6.45) is 1.78. The van der Waals surface area contributed by atoms with Crippen molar-refractivity contribution in [3.05, 3.63) is 59.4 Å². The van der Waals surface area contributed by atoms with Crippen LogP contribution in [0.1, 0.15) is 41.4 Å². The Hall–Kier alpha value is -2.16. The van der Waals surface area contributed by atoms with Gasteiger partial charge in [-0.15, -0.1) is 0 Å². The number of benzene rings is 1. The fourth-order valence-corrected chi connectivity index (χ4v) is 1.95. The van der Waals surface area contributed by atoms with Crippen LogP contribution in [0.3, 0.4) is 0 Å². The van der Waals surface area contributed by atoms with Crippen LogP contribution in [-0.4, -0.2) is 10.9 Å². The minimum atomic E-state index is -0.0985. The number of carbonyl (C=O) groups excluding carboxylic acids is 1. The second-order valence-corrected chi connectivity index (χ2v) is 4.86. The van der Waals surface area contributed by atoms with Gasteiger partial charge in [-0.25, -0.2) is 0 Å². The summed E-state index contributed by atoms with van der Waals surface area (Å²) in [6.45, 7) is 6.12. The summed E-state index contributed by atoms with van der Waals surface area (Å²) in [6, 6.07) is 11.1. The van der Waals surface area contributed by atoms with E-state index in [-0.39, 0.29) is 11.8 Å². The van der Waals surface area contributed by atoms with Gasteiger partial charge in [0.15, 0.2) is 0 Å². The molecule has 3 heteroatoms. The summed E-state index contributed by atoms with van der Waals surface area (Å²) in [5.41, 5.74) is 3.43. The Morgan fingerprint density at radius 3 is 2.47 bits per heavy atom. The van der Waals surface area contributed by atoms with Gasteiger partial charge in [0.25, 0.3) is 5.91 Å². The van der Waals surface area contributed by atoms with Crippen LogP contribution in [0.4, 0.5) is 5.69 Å². The number of nitrogens with zero attached hydrogens (tertiary/aromatic N) is 1. The largest absolute Gasteiger partial charge is 0.320 e. The third kappa shape index (κ3) is 2.99. The molecule has 0 bridgehead atoms. The van der Waals surface area contributed by atoms with E-state index in [1.807, 2.05) is 31.2 Å². The Labute approximate surface area is 113 Å². The molecule has 19 heavy (non-hydrogen) atoms. The average molecular weight is 254 g/mol. The number of hydrogen-bond acceptors (Lipinski definition) is 2. The Morgan fingerprint density at radius 2 is 1.84 bits per heavy atom. The summed E-state index contributed by atoms with van der Waals surface area (Å²) in [7, 11) is 0. The van der Waals surface area contributed by atoms with Gasteiger partial charge in [-0.2, -0.15) is 0 Å². The van der Waals surface area contributed by atoms with Crippen LogP contribution >= 0.6 is 0 Å². The molecule has 0 fully saturated rings. The van der Waals surface area contributed by atoms with E-state index in [0.29, 0.717) is 5.56 Å². The second kappa shape index (κ2) is 5.65. The van der Waals surface area contributed by atoms with Crippen LogP contribution in [0.5, 0.6) is 0 Å². The molecular formula is C16H18N2O. The van der Waals surface area contributed by atoms with Crippen molar-refractivity contribution in [2.45, 2.75) is 26.7 Å². The van der Waals surface area contributed by atoms with Crippen LogP contribution in [-0.2, 0) is 0 Å². The monoisotopic (exact) mass is 254 g/mol. The fourth-order valence-electron chi connectivity index (χ4n) is 1.95. The zero-order valence-corrected chi connectivity index (χ0v) is 11.5. The molecule has 1 N–H and O–H groups in total. The third-order valence-electron chi connectivity index (χ3n) is 3.01.